The number of Topliss-reactive ketones (excluding diaryl/α,β-unsaturated/α-hetero) is 1. The summed E-state index contributed by atoms with van der Waals surface area (Å²) in [6, 6.07) is 24.7. The number of hydrogen-bond acceptors (Lipinski definition) is 3. The molecule has 0 spiro atoms. The van der Waals surface area contributed by atoms with Gasteiger partial charge in [0.25, 0.3) is 0 Å². The molecule has 0 atom stereocenters. The van der Waals surface area contributed by atoms with Crippen LogP contribution >= 0.6 is 0 Å². The molecule has 3 aromatic carbocycles. The van der Waals surface area contributed by atoms with Crippen molar-refractivity contribution in [2.75, 3.05) is 12.4 Å². The van der Waals surface area contributed by atoms with Crippen LogP contribution in [0.5, 0.6) is 5.75 Å². The van der Waals surface area contributed by atoms with Gasteiger partial charge in [-0.1, -0.05) is 60.7 Å². The number of ketones is 1. The van der Waals surface area contributed by atoms with Gasteiger partial charge in [-0.3, -0.25) is 9.59 Å². The highest BCUT2D eigenvalue weighted by Gasteiger charge is 2.11. The summed E-state index contributed by atoms with van der Waals surface area (Å²) >= 11 is 0. The summed E-state index contributed by atoms with van der Waals surface area (Å²) in [7, 11) is 1.64. The van der Waals surface area contributed by atoms with Crippen LogP contribution in [-0.4, -0.2) is 18.8 Å². The fourth-order valence-corrected chi connectivity index (χ4v) is 3.03. The molecule has 0 aliphatic heterocycles. The Morgan fingerprint density at radius 2 is 1.54 bits per heavy atom. The Hall–Kier alpha value is -3.40. The maximum atomic E-state index is 12.3. The molecule has 142 valence electrons. The Morgan fingerprint density at radius 3 is 2.21 bits per heavy atom. The Balaban J connectivity index is 1.62. The number of ether oxygens (including phenoxy) is 1. The lowest BCUT2D eigenvalue weighted by Crippen LogP contribution is -2.13. The van der Waals surface area contributed by atoms with Crippen LogP contribution in [0.25, 0.3) is 0 Å². The third-order valence-electron chi connectivity index (χ3n) is 4.48. The van der Waals surface area contributed by atoms with Crippen molar-refractivity contribution in [2.24, 2.45) is 0 Å². The smallest absolute Gasteiger partial charge is 0.224 e. The molecule has 28 heavy (non-hydrogen) atoms. The molecule has 1 N–H and O–H groups in total. The number of rotatable bonds is 8. The van der Waals surface area contributed by atoms with Gasteiger partial charge in [0.05, 0.1) is 7.11 Å². The van der Waals surface area contributed by atoms with Gasteiger partial charge < -0.3 is 10.1 Å². The Bertz CT molecular complexity index is 937. The largest absolute Gasteiger partial charge is 0.496 e. The van der Waals surface area contributed by atoms with E-state index < -0.39 is 0 Å². The van der Waals surface area contributed by atoms with Gasteiger partial charge in [0.2, 0.25) is 5.91 Å². The molecule has 3 rings (SSSR count). The first-order valence-electron chi connectivity index (χ1n) is 9.24. The minimum Gasteiger partial charge on any atom is -0.496 e. The fraction of sp³-hybridized carbons (Fsp3) is 0.167. The van der Waals surface area contributed by atoms with Crippen molar-refractivity contribution in [1.29, 1.82) is 0 Å². The Morgan fingerprint density at radius 1 is 0.857 bits per heavy atom. The highest BCUT2D eigenvalue weighted by atomic mass is 16.5. The third kappa shape index (κ3) is 5.30. The number of methoxy groups -OCH3 is 1. The van der Waals surface area contributed by atoms with E-state index in [0.29, 0.717) is 17.7 Å². The highest BCUT2D eigenvalue weighted by Crippen LogP contribution is 2.25. The van der Waals surface area contributed by atoms with Crippen molar-refractivity contribution in [1.82, 2.24) is 0 Å². The minimum atomic E-state index is -0.180. The molecule has 1 amide bonds. The number of nitrogens with one attached hydrogen (secondary N) is 1. The number of carbonyl (C=O) groups is 2. The van der Waals surface area contributed by atoms with Gasteiger partial charge in [0, 0.05) is 36.1 Å². The lowest BCUT2D eigenvalue weighted by molar-refractivity contribution is -0.116. The molecule has 0 saturated carbocycles. The number of benzene rings is 3. The molecule has 0 bridgehead atoms. The van der Waals surface area contributed by atoms with E-state index >= 15 is 0 Å². The molecule has 0 fully saturated rings. The van der Waals surface area contributed by atoms with E-state index in [4.69, 9.17) is 4.74 Å². The summed E-state index contributed by atoms with van der Waals surface area (Å²) in [5, 5.41) is 2.88. The standard InChI is InChI=1S/C24H23NO3/c1-28-23-14-12-21(17-20(23)16-18-8-4-2-5-9-18)25-24(27)15-13-22(26)19-10-6-3-7-11-19/h2-12,14,17H,13,15-16H2,1H3,(H,25,27). The molecule has 0 aromatic heterocycles. The zero-order valence-corrected chi connectivity index (χ0v) is 15.9. The van der Waals surface area contributed by atoms with Crippen LogP contribution < -0.4 is 10.1 Å². The molecule has 4 heteroatoms. The van der Waals surface area contributed by atoms with E-state index in [1.807, 2.05) is 54.6 Å². The van der Waals surface area contributed by atoms with Crippen LogP contribution in [0.2, 0.25) is 0 Å². The number of amides is 1. The first-order chi connectivity index (χ1) is 13.7. The van der Waals surface area contributed by atoms with Gasteiger partial charge in [0.15, 0.2) is 5.78 Å². The predicted molar refractivity (Wildman–Crippen MR) is 111 cm³/mol. The van der Waals surface area contributed by atoms with Crippen molar-refractivity contribution in [3.8, 4) is 5.75 Å². The normalized spacial score (nSPS) is 10.3. The molecule has 0 saturated heterocycles. The summed E-state index contributed by atoms with van der Waals surface area (Å²) in [4.78, 5) is 24.4. The van der Waals surface area contributed by atoms with E-state index in [9.17, 15) is 9.59 Å². The van der Waals surface area contributed by atoms with E-state index in [1.165, 1.54) is 0 Å². The summed E-state index contributed by atoms with van der Waals surface area (Å²) in [6.07, 6.45) is 1.04. The average Bonchev–Trinajstić information content (AvgIpc) is 2.73. The number of anilines is 1. The lowest BCUT2D eigenvalue weighted by Gasteiger charge is -2.12. The monoisotopic (exact) mass is 373 g/mol. The quantitative estimate of drug-likeness (QED) is 0.572. The van der Waals surface area contributed by atoms with Crippen LogP contribution in [0, 0.1) is 0 Å². The van der Waals surface area contributed by atoms with E-state index in [1.54, 1.807) is 19.2 Å². The number of hydrogen-bond donors (Lipinski definition) is 1. The second kappa shape index (κ2) is 9.51. The molecule has 0 heterocycles. The second-order valence-electron chi connectivity index (χ2n) is 6.53. The topological polar surface area (TPSA) is 55.4 Å². The van der Waals surface area contributed by atoms with Gasteiger partial charge in [0.1, 0.15) is 5.75 Å². The molecule has 3 aromatic rings. The van der Waals surface area contributed by atoms with Crippen molar-refractivity contribution in [2.45, 2.75) is 19.3 Å². The van der Waals surface area contributed by atoms with E-state index in [2.05, 4.69) is 17.4 Å². The average molecular weight is 373 g/mol. The van der Waals surface area contributed by atoms with Crippen molar-refractivity contribution < 1.29 is 14.3 Å². The van der Waals surface area contributed by atoms with Crippen LogP contribution in [-0.2, 0) is 11.2 Å². The molecule has 0 unspecified atom stereocenters. The predicted octanol–water partition coefficient (Wildman–Crippen LogP) is 4.89. The van der Waals surface area contributed by atoms with Crippen LogP contribution in [0.4, 0.5) is 5.69 Å². The highest BCUT2D eigenvalue weighted by molar-refractivity contribution is 6.00. The first kappa shape index (κ1) is 19.4. The van der Waals surface area contributed by atoms with Crippen molar-refractivity contribution >= 4 is 17.4 Å². The van der Waals surface area contributed by atoms with Crippen LogP contribution in [0.15, 0.2) is 78.9 Å². The van der Waals surface area contributed by atoms with Crippen molar-refractivity contribution in [3.63, 3.8) is 0 Å². The number of carbonyl (C=O) groups excluding carboxylic acids is 2. The molecule has 0 aliphatic carbocycles. The lowest BCUT2D eigenvalue weighted by atomic mass is 10.0. The maximum absolute atomic E-state index is 12.3. The molecule has 0 radical (unpaired) electrons. The minimum absolute atomic E-state index is 0.0322. The van der Waals surface area contributed by atoms with E-state index in [-0.39, 0.29) is 24.5 Å². The summed E-state index contributed by atoms with van der Waals surface area (Å²) in [5.74, 6) is 0.566. The zero-order chi connectivity index (χ0) is 19.8. The van der Waals surface area contributed by atoms with E-state index in [0.717, 1.165) is 16.9 Å². The van der Waals surface area contributed by atoms with Gasteiger partial charge in [-0.05, 0) is 23.8 Å². The Kier molecular flexibility index (Phi) is 6.58. The van der Waals surface area contributed by atoms with Crippen LogP contribution in [0.1, 0.15) is 34.3 Å². The second-order valence-corrected chi connectivity index (χ2v) is 6.53. The van der Waals surface area contributed by atoms with Crippen molar-refractivity contribution in [3.05, 3.63) is 95.6 Å². The fourth-order valence-electron chi connectivity index (χ4n) is 3.03. The van der Waals surface area contributed by atoms with Gasteiger partial charge in [-0.2, -0.15) is 0 Å². The SMILES string of the molecule is COc1ccc(NC(=O)CCC(=O)c2ccccc2)cc1Cc1ccccc1. The molecule has 4 nitrogen and oxygen atoms in total. The summed E-state index contributed by atoms with van der Waals surface area (Å²) in [6.45, 7) is 0. The Labute approximate surface area is 165 Å². The van der Waals surface area contributed by atoms with Gasteiger partial charge in [-0.15, -0.1) is 0 Å². The third-order valence-corrected chi connectivity index (χ3v) is 4.48. The molecular weight excluding hydrogens is 350 g/mol. The maximum Gasteiger partial charge on any atom is 0.224 e. The van der Waals surface area contributed by atoms with Gasteiger partial charge >= 0.3 is 0 Å². The van der Waals surface area contributed by atoms with Crippen LogP contribution in [0.3, 0.4) is 0 Å². The summed E-state index contributed by atoms with van der Waals surface area (Å²) in [5.41, 5.74) is 3.48. The molecule has 0 aliphatic rings. The van der Waals surface area contributed by atoms with Gasteiger partial charge in [-0.25, -0.2) is 0 Å². The zero-order valence-electron chi connectivity index (χ0n) is 15.9. The molecular formula is C24H23NO3. The first-order valence-corrected chi connectivity index (χ1v) is 9.24. The summed E-state index contributed by atoms with van der Waals surface area (Å²) < 4.78 is 5.45.